The quantitative estimate of drug-likeness (QED) is 0.626. The van der Waals surface area contributed by atoms with Crippen LogP contribution in [0.1, 0.15) is 32.6 Å². The molecule has 0 radical (unpaired) electrons. The van der Waals surface area contributed by atoms with E-state index in [-0.39, 0.29) is 5.60 Å². The Morgan fingerprint density at radius 3 is 2.78 bits per heavy atom. The molecule has 1 nitrogen and oxygen atoms in total. The van der Waals surface area contributed by atoms with Gasteiger partial charge in [0.05, 0.1) is 15.8 Å². The van der Waals surface area contributed by atoms with Gasteiger partial charge >= 0.3 is 0 Å². The highest BCUT2D eigenvalue weighted by atomic mass is 32.2. The first kappa shape index (κ1) is 11.1. The third kappa shape index (κ3) is 1.18. The van der Waals surface area contributed by atoms with Crippen LogP contribution in [0.3, 0.4) is 0 Å². The Labute approximate surface area is 117 Å². The summed E-state index contributed by atoms with van der Waals surface area (Å²) in [6.45, 7) is 2.37. The van der Waals surface area contributed by atoms with Crippen LogP contribution >= 0.6 is 23.5 Å². The molecule has 0 aromatic carbocycles. The van der Waals surface area contributed by atoms with E-state index >= 15 is 0 Å². The average molecular weight is 280 g/mol. The number of rotatable bonds is 0. The van der Waals surface area contributed by atoms with E-state index in [2.05, 4.69) is 42.6 Å². The second kappa shape index (κ2) is 3.17. The van der Waals surface area contributed by atoms with Crippen molar-refractivity contribution in [1.82, 2.24) is 0 Å². The van der Waals surface area contributed by atoms with E-state index in [0.29, 0.717) is 15.6 Å². The number of hydrogen-bond donors (Lipinski definition) is 0. The van der Waals surface area contributed by atoms with Gasteiger partial charge in [0.15, 0.2) is 0 Å². The maximum Gasteiger partial charge on any atom is 0.0796 e. The molecule has 3 aliphatic heterocycles. The van der Waals surface area contributed by atoms with E-state index < -0.39 is 0 Å². The van der Waals surface area contributed by atoms with E-state index in [9.17, 15) is 0 Å². The number of allylic oxidation sites excluding steroid dienone is 1. The van der Waals surface area contributed by atoms with Crippen molar-refractivity contribution in [2.24, 2.45) is 17.3 Å². The fraction of sp³-hybridized carbons (Fsp3) is 0.867. The van der Waals surface area contributed by atoms with Crippen LogP contribution in [0.5, 0.6) is 0 Å². The van der Waals surface area contributed by atoms with Gasteiger partial charge in [-0.05, 0) is 49.9 Å². The molecule has 0 unspecified atom stereocenters. The maximum atomic E-state index is 6.45. The lowest BCUT2D eigenvalue weighted by Crippen LogP contribution is -2.48. The first-order valence-electron chi connectivity index (χ1n) is 7.29. The minimum atomic E-state index is 0.228. The summed E-state index contributed by atoms with van der Waals surface area (Å²) < 4.78 is 6.87. The van der Waals surface area contributed by atoms with Crippen molar-refractivity contribution in [2.75, 3.05) is 11.5 Å². The summed E-state index contributed by atoms with van der Waals surface area (Å²) >= 11 is 4.37. The number of ether oxygens (including phenoxy) is 1. The van der Waals surface area contributed by atoms with Crippen LogP contribution < -0.4 is 0 Å². The standard InChI is InChI=1S/C15H20OS2/c1-13-9-14-2-3-15(17-4-5-18-15)8-11(14)12(16-13)6-10(13)7-14/h2-3,10-12H,4-9H2,1H3/t10-,11-,12+,13+,14+/m1/s1. The van der Waals surface area contributed by atoms with Crippen LogP contribution in [-0.2, 0) is 4.74 Å². The van der Waals surface area contributed by atoms with Gasteiger partial charge in [0.25, 0.3) is 0 Å². The SMILES string of the molecule is C[C@]12C[C@@]34C=CC5(C[C@@H]3[C@H](C[C@@H]1C4)O2)SCCS5. The zero-order valence-electron chi connectivity index (χ0n) is 10.9. The summed E-state index contributed by atoms with van der Waals surface area (Å²) in [6, 6.07) is 0. The fourth-order valence-corrected chi connectivity index (χ4v) is 8.64. The highest BCUT2D eigenvalue weighted by Crippen LogP contribution is 2.71. The average Bonchev–Trinajstić information content (AvgIpc) is 2.92. The summed E-state index contributed by atoms with van der Waals surface area (Å²) in [5, 5.41) is 0. The molecule has 3 heterocycles. The molecular formula is C15H20OS2. The molecule has 0 N–H and O–H groups in total. The minimum Gasteiger partial charge on any atom is -0.371 e. The van der Waals surface area contributed by atoms with Gasteiger partial charge in [-0.15, -0.1) is 23.5 Å². The van der Waals surface area contributed by atoms with Gasteiger partial charge in [-0.25, -0.2) is 0 Å². The molecule has 0 amide bonds. The van der Waals surface area contributed by atoms with Crippen LogP contribution in [0.15, 0.2) is 12.2 Å². The lowest BCUT2D eigenvalue weighted by atomic mass is 9.62. The smallest absolute Gasteiger partial charge is 0.0796 e. The Morgan fingerprint density at radius 1 is 1.17 bits per heavy atom. The third-order valence-electron chi connectivity index (χ3n) is 6.24. The minimum absolute atomic E-state index is 0.228. The van der Waals surface area contributed by atoms with Gasteiger partial charge in [-0.2, -0.15) is 0 Å². The lowest BCUT2D eigenvalue weighted by Gasteiger charge is -2.51. The monoisotopic (exact) mass is 280 g/mol. The molecule has 18 heavy (non-hydrogen) atoms. The summed E-state index contributed by atoms with van der Waals surface area (Å²) in [5.74, 6) is 4.33. The van der Waals surface area contributed by atoms with Crippen molar-refractivity contribution >= 4 is 23.5 Å². The van der Waals surface area contributed by atoms with Gasteiger partial charge < -0.3 is 4.74 Å². The molecule has 3 heteroatoms. The maximum absolute atomic E-state index is 6.45. The lowest BCUT2D eigenvalue weighted by molar-refractivity contribution is -0.122. The van der Waals surface area contributed by atoms with Crippen molar-refractivity contribution in [3.8, 4) is 0 Å². The second-order valence-corrected chi connectivity index (χ2v) is 10.3. The molecule has 6 rings (SSSR count). The Bertz CT molecular complexity index is 442. The molecule has 3 saturated heterocycles. The van der Waals surface area contributed by atoms with Crippen LogP contribution in [-0.4, -0.2) is 27.3 Å². The first-order chi connectivity index (χ1) is 8.63. The number of thioether (sulfide) groups is 2. The van der Waals surface area contributed by atoms with Crippen LogP contribution in [0.2, 0.25) is 0 Å². The molecule has 6 aliphatic rings. The molecule has 2 saturated carbocycles. The molecule has 3 aliphatic carbocycles. The van der Waals surface area contributed by atoms with Gasteiger partial charge in [-0.3, -0.25) is 0 Å². The van der Waals surface area contributed by atoms with E-state index in [1.807, 2.05) is 0 Å². The summed E-state index contributed by atoms with van der Waals surface area (Å²) in [6.07, 6.45) is 11.2. The molecule has 4 bridgehead atoms. The zero-order valence-corrected chi connectivity index (χ0v) is 12.5. The van der Waals surface area contributed by atoms with Crippen LogP contribution in [0, 0.1) is 17.3 Å². The Balaban J connectivity index is 1.59. The van der Waals surface area contributed by atoms with Gasteiger partial charge in [0.1, 0.15) is 0 Å². The van der Waals surface area contributed by atoms with Gasteiger partial charge in [-0.1, -0.05) is 12.2 Å². The Hall–Kier alpha value is 0.400. The first-order valence-corrected chi connectivity index (χ1v) is 9.27. The Morgan fingerprint density at radius 2 is 2.00 bits per heavy atom. The predicted octanol–water partition coefficient (Wildman–Crippen LogP) is 3.70. The fourth-order valence-electron chi connectivity index (χ4n) is 5.53. The van der Waals surface area contributed by atoms with Crippen LogP contribution in [0.25, 0.3) is 0 Å². The van der Waals surface area contributed by atoms with Gasteiger partial charge in [0, 0.05) is 11.5 Å². The largest absolute Gasteiger partial charge is 0.371 e. The molecule has 2 spiro atoms. The molecule has 98 valence electrons. The molecule has 5 atom stereocenters. The molecule has 0 aromatic heterocycles. The summed E-state index contributed by atoms with van der Waals surface area (Å²) in [4.78, 5) is 0. The molecular weight excluding hydrogens is 260 g/mol. The number of hydrogen-bond acceptors (Lipinski definition) is 3. The highest BCUT2D eigenvalue weighted by molar-refractivity contribution is 8.21. The van der Waals surface area contributed by atoms with Crippen molar-refractivity contribution < 1.29 is 4.74 Å². The van der Waals surface area contributed by atoms with E-state index in [4.69, 9.17) is 4.74 Å². The topological polar surface area (TPSA) is 9.23 Å². The van der Waals surface area contributed by atoms with Crippen molar-refractivity contribution in [3.05, 3.63) is 12.2 Å². The third-order valence-corrected chi connectivity index (χ3v) is 9.61. The van der Waals surface area contributed by atoms with Crippen molar-refractivity contribution in [3.63, 3.8) is 0 Å². The summed E-state index contributed by atoms with van der Waals surface area (Å²) in [7, 11) is 0. The second-order valence-electron chi connectivity index (χ2n) is 7.17. The predicted molar refractivity (Wildman–Crippen MR) is 77.9 cm³/mol. The van der Waals surface area contributed by atoms with Crippen molar-refractivity contribution in [1.29, 1.82) is 0 Å². The molecule has 0 aromatic rings. The molecule has 5 fully saturated rings. The van der Waals surface area contributed by atoms with Gasteiger partial charge in [0.2, 0.25) is 0 Å². The highest BCUT2D eigenvalue weighted by Gasteiger charge is 2.68. The van der Waals surface area contributed by atoms with E-state index in [0.717, 1.165) is 11.8 Å². The van der Waals surface area contributed by atoms with Crippen molar-refractivity contribution in [2.45, 2.75) is 48.4 Å². The zero-order chi connectivity index (χ0) is 12.0. The summed E-state index contributed by atoms with van der Waals surface area (Å²) in [5.41, 5.74) is 0.752. The van der Waals surface area contributed by atoms with E-state index in [1.54, 1.807) is 0 Å². The Kier molecular flexibility index (Phi) is 1.96. The van der Waals surface area contributed by atoms with Crippen LogP contribution in [0.4, 0.5) is 0 Å². The normalized spacial score (nSPS) is 58.6. The van der Waals surface area contributed by atoms with E-state index in [1.165, 1.54) is 37.2 Å².